The van der Waals surface area contributed by atoms with Gasteiger partial charge >= 0.3 is 0 Å². The summed E-state index contributed by atoms with van der Waals surface area (Å²) in [7, 11) is 0. The van der Waals surface area contributed by atoms with Crippen LogP contribution in [0, 0.1) is 6.92 Å². The Morgan fingerprint density at radius 3 is 2.11 bits per heavy atom. The van der Waals surface area contributed by atoms with E-state index in [0.717, 1.165) is 50.4 Å². The van der Waals surface area contributed by atoms with E-state index in [-0.39, 0.29) is 5.91 Å². The molecular formula is C23H37N3O. The van der Waals surface area contributed by atoms with Crippen molar-refractivity contribution in [1.29, 1.82) is 0 Å². The lowest BCUT2D eigenvalue weighted by molar-refractivity contribution is 0.0559. The zero-order valence-corrected chi connectivity index (χ0v) is 17.5. The Morgan fingerprint density at radius 1 is 0.926 bits per heavy atom. The van der Waals surface area contributed by atoms with Gasteiger partial charge < -0.3 is 9.80 Å². The number of hydrogen-bond acceptors (Lipinski definition) is 3. The van der Waals surface area contributed by atoms with E-state index in [0.29, 0.717) is 6.04 Å². The van der Waals surface area contributed by atoms with Gasteiger partial charge in [-0.2, -0.15) is 0 Å². The molecule has 27 heavy (non-hydrogen) atoms. The van der Waals surface area contributed by atoms with Gasteiger partial charge in [0.2, 0.25) is 0 Å². The molecule has 0 saturated carbocycles. The minimum absolute atomic E-state index is 0.208. The summed E-state index contributed by atoms with van der Waals surface area (Å²) >= 11 is 0. The fourth-order valence-corrected chi connectivity index (χ4v) is 4.68. The normalized spacial score (nSPS) is 19.4. The van der Waals surface area contributed by atoms with Crippen LogP contribution in [0.3, 0.4) is 0 Å². The third kappa shape index (κ3) is 4.84. The highest BCUT2D eigenvalue weighted by molar-refractivity contribution is 5.96. The van der Waals surface area contributed by atoms with E-state index in [1.807, 2.05) is 4.90 Å². The van der Waals surface area contributed by atoms with Crippen LogP contribution in [0.1, 0.15) is 68.3 Å². The molecule has 4 nitrogen and oxygen atoms in total. The largest absolute Gasteiger partial charge is 0.372 e. The number of carbonyl (C=O) groups is 1. The second-order valence-electron chi connectivity index (χ2n) is 8.20. The second-order valence-corrected chi connectivity index (χ2v) is 8.20. The average molecular weight is 372 g/mol. The summed E-state index contributed by atoms with van der Waals surface area (Å²) in [5.41, 5.74) is 3.28. The molecule has 150 valence electrons. The Labute approximate surface area is 165 Å². The van der Waals surface area contributed by atoms with E-state index >= 15 is 0 Å². The SMILES string of the molecule is CCC(CC)N1CCN(C(=O)c2ccc(N3CCCCCC3)cc2C)CC1. The number of hydrogen-bond donors (Lipinski definition) is 0. The van der Waals surface area contributed by atoms with Gasteiger partial charge in [0.15, 0.2) is 0 Å². The summed E-state index contributed by atoms with van der Waals surface area (Å²) in [6.45, 7) is 12.6. The van der Waals surface area contributed by atoms with Crippen molar-refractivity contribution < 1.29 is 4.79 Å². The van der Waals surface area contributed by atoms with E-state index in [2.05, 4.69) is 48.8 Å². The molecule has 0 N–H and O–H groups in total. The van der Waals surface area contributed by atoms with Crippen LogP contribution in [-0.2, 0) is 0 Å². The molecule has 1 aromatic rings. The molecular weight excluding hydrogens is 334 g/mol. The maximum atomic E-state index is 13.1. The number of anilines is 1. The van der Waals surface area contributed by atoms with E-state index in [9.17, 15) is 4.79 Å². The van der Waals surface area contributed by atoms with Crippen LogP contribution in [0.5, 0.6) is 0 Å². The van der Waals surface area contributed by atoms with Gasteiger partial charge in [-0.05, 0) is 56.4 Å². The van der Waals surface area contributed by atoms with Gasteiger partial charge in [0, 0.05) is 56.6 Å². The molecule has 0 radical (unpaired) electrons. The van der Waals surface area contributed by atoms with Crippen molar-refractivity contribution >= 4 is 11.6 Å². The summed E-state index contributed by atoms with van der Waals surface area (Å²) in [5, 5.41) is 0. The number of nitrogens with zero attached hydrogens (tertiary/aromatic N) is 3. The Hall–Kier alpha value is -1.55. The number of rotatable bonds is 5. The van der Waals surface area contributed by atoms with E-state index in [4.69, 9.17) is 0 Å². The first kappa shape index (κ1) is 20.2. The fraction of sp³-hybridized carbons (Fsp3) is 0.696. The molecule has 2 aliphatic rings. The van der Waals surface area contributed by atoms with Crippen molar-refractivity contribution in [1.82, 2.24) is 9.80 Å². The molecule has 2 fully saturated rings. The molecule has 2 aliphatic heterocycles. The van der Waals surface area contributed by atoms with Crippen LogP contribution in [0.4, 0.5) is 5.69 Å². The van der Waals surface area contributed by atoms with Crippen LogP contribution in [-0.4, -0.2) is 61.0 Å². The zero-order valence-electron chi connectivity index (χ0n) is 17.5. The Balaban J connectivity index is 1.63. The van der Waals surface area contributed by atoms with Crippen LogP contribution < -0.4 is 4.90 Å². The predicted molar refractivity (Wildman–Crippen MR) is 114 cm³/mol. The lowest BCUT2D eigenvalue weighted by Gasteiger charge is -2.39. The molecule has 1 amide bonds. The molecule has 0 unspecified atom stereocenters. The minimum Gasteiger partial charge on any atom is -0.372 e. The van der Waals surface area contributed by atoms with Crippen molar-refractivity contribution in [2.75, 3.05) is 44.2 Å². The van der Waals surface area contributed by atoms with Gasteiger partial charge in [0.25, 0.3) is 5.91 Å². The second kappa shape index (κ2) is 9.59. The quantitative estimate of drug-likeness (QED) is 0.771. The van der Waals surface area contributed by atoms with Crippen molar-refractivity contribution in [3.8, 4) is 0 Å². The molecule has 0 spiro atoms. The van der Waals surface area contributed by atoms with Crippen molar-refractivity contribution in [3.63, 3.8) is 0 Å². The van der Waals surface area contributed by atoms with E-state index < -0.39 is 0 Å². The standard InChI is InChI=1S/C23H37N3O/c1-4-20(5-2)25-14-16-26(17-15-25)23(27)22-11-10-21(18-19(22)3)24-12-8-6-7-9-13-24/h10-11,18,20H,4-9,12-17H2,1-3H3. The van der Waals surface area contributed by atoms with Crippen molar-refractivity contribution in [2.24, 2.45) is 0 Å². The molecule has 0 bridgehead atoms. The highest BCUT2D eigenvalue weighted by Crippen LogP contribution is 2.24. The molecule has 4 heteroatoms. The number of benzene rings is 1. The summed E-state index contributed by atoms with van der Waals surface area (Å²) < 4.78 is 0. The third-order valence-corrected chi connectivity index (χ3v) is 6.47. The van der Waals surface area contributed by atoms with Crippen LogP contribution >= 0.6 is 0 Å². The Bertz CT molecular complexity index is 610. The Kier molecular flexibility index (Phi) is 7.17. The van der Waals surface area contributed by atoms with Gasteiger partial charge in [0.1, 0.15) is 0 Å². The fourth-order valence-electron chi connectivity index (χ4n) is 4.68. The molecule has 2 saturated heterocycles. The van der Waals surface area contributed by atoms with Gasteiger partial charge in [-0.15, -0.1) is 0 Å². The number of amides is 1. The molecule has 0 aromatic heterocycles. The van der Waals surface area contributed by atoms with Gasteiger partial charge in [0.05, 0.1) is 0 Å². The first-order valence-electron chi connectivity index (χ1n) is 11.0. The monoisotopic (exact) mass is 371 g/mol. The van der Waals surface area contributed by atoms with Gasteiger partial charge in [-0.25, -0.2) is 0 Å². The highest BCUT2D eigenvalue weighted by atomic mass is 16.2. The number of piperazine rings is 1. The minimum atomic E-state index is 0.208. The third-order valence-electron chi connectivity index (χ3n) is 6.47. The van der Waals surface area contributed by atoms with Gasteiger partial charge in [-0.1, -0.05) is 26.7 Å². The molecule has 0 aliphatic carbocycles. The van der Waals surface area contributed by atoms with Gasteiger partial charge in [-0.3, -0.25) is 9.69 Å². The maximum Gasteiger partial charge on any atom is 0.254 e. The lowest BCUT2D eigenvalue weighted by atomic mass is 10.0. The van der Waals surface area contributed by atoms with Crippen molar-refractivity contribution in [2.45, 2.75) is 65.3 Å². The number of carbonyl (C=O) groups excluding carboxylic acids is 1. The van der Waals surface area contributed by atoms with Crippen LogP contribution in [0.2, 0.25) is 0 Å². The maximum absolute atomic E-state index is 13.1. The predicted octanol–water partition coefficient (Wildman–Crippen LogP) is 4.32. The van der Waals surface area contributed by atoms with Crippen LogP contribution in [0.15, 0.2) is 18.2 Å². The molecule has 1 aromatic carbocycles. The molecule has 3 rings (SSSR count). The zero-order chi connectivity index (χ0) is 19.2. The van der Waals surface area contributed by atoms with Crippen LogP contribution in [0.25, 0.3) is 0 Å². The van der Waals surface area contributed by atoms with E-state index in [1.54, 1.807) is 0 Å². The summed E-state index contributed by atoms with van der Waals surface area (Å²) in [5.74, 6) is 0.208. The molecule has 2 heterocycles. The topological polar surface area (TPSA) is 26.8 Å². The summed E-state index contributed by atoms with van der Waals surface area (Å²) in [6.07, 6.45) is 7.63. The molecule has 0 atom stereocenters. The number of aryl methyl sites for hydroxylation is 1. The highest BCUT2D eigenvalue weighted by Gasteiger charge is 2.26. The first-order valence-corrected chi connectivity index (χ1v) is 11.0. The smallest absolute Gasteiger partial charge is 0.254 e. The average Bonchev–Trinajstić information content (AvgIpc) is 2.98. The summed E-state index contributed by atoms with van der Waals surface area (Å²) in [6, 6.07) is 7.10. The summed E-state index contributed by atoms with van der Waals surface area (Å²) in [4.78, 5) is 20.2. The first-order chi connectivity index (χ1) is 13.1. The van der Waals surface area contributed by atoms with Crippen molar-refractivity contribution in [3.05, 3.63) is 29.3 Å². The van der Waals surface area contributed by atoms with E-state index in [1.165, 1.54) is 44.2 Å². The Morgan fingerprint density at radius 2 is 1.56 bits per heavy atom. The lowest BCUT2D eigenvalue weighted by Crippen LogP contribution is -2.51.